The normalized spacial score (nSPS) is 19.2. The maximum absolute atomic E-state index is 12.9. The standard InChI is InChI=1S/C18H16FNO3/c19-14-6-4-12(5-7-14)15-9-16(15)17(21)20-10-11-2-1-3-13(8-11)18(22)23/h1-8,15-16H,9-10H2,(H,20,21)(H,22,23)/t15-,16+/m1/s1. The van der Waals surface area contributed by atoms with Crippen molar-refractivity contribution in [2.75, 3.05) is 0 Å². The molecule has 4 nitrogen and oxygen atoms in total. The van der Waals surface area contributed by atoms with E-state index in [-0.39, 0.29) is 29.1 Å². The van der Waals surface area contributed by atoms with E-state index in [2.05, 4.69) is 5.32 Å². The third kappa shape index (κ3) is 3.56. The predicted molar refractivity (Wildman–Crippen MR) is 82.5 cm³/mol. The molecule has 2 N–H and O–H groups in total. The van der Waals surface area contributed by atoms with E-state index < -0.39 is 5.97 Å². The fourth-order valence-electron chi connectivity index (χ4n) is 2.70. The van der Waals surface area contributed by atoms with Gasteiger partial charge in [0, 0.05) is 12.5 Å². The Labute approximate surface area is 133 Å². The van der Waals surface area contributed by atoms with E-state index in [1.807, 2.05) is 0 Å². The molecule has 2 atom stereocenters. The van der Waals surface area contributed by atoms with Gasteiger partial charge in [0.2, 0.25) is 5.91 Å². The highest BCUT2D eigenvalue weighted by molar-refractivity contribution is 5.87. The van der Waals surface area contributed by atoms with Gasteiger partial charge in [-0.1, -0.05) is 24.3 Å². The number of carboxylic acid groups (broad SMARTS) is 1. The molecule has 0 aliphatic heterocycles. The quantitative estimate of drug-likeness (QED) is 0.892. The molecule has 0 heterocycles. The number of aromatic carboxylic acids is 1. The first-order valence-corrected chi connectivity index (χ1v) is 7.40. The van der Waals surface area contributed by atoms with E-state index in [9.17, 15) is 14.0 Å². The van der Waals surface area contributed by atoms with Gasteiger partial charge in [0.1, 0.15) is 5.82 Å². The smallest absolute Gasteiger partial charge is 0.335 e. The molecule has 3 rings (SSSR count). The van der Waals surface area contributed by atoms with Gasteiger partial charge in [-0.3, -0.25) is 4.79 Å². The van der Waals surface area contributed by atoms with Crippen molar-refractivity contribution in [1.82, 2.24) is 5.32 Å². The summed E-state index contributed by atoms with van der Waals surface area (Å²) < 4.78 is 12.9. The molecular weight excluding hydrogens is 297 g/mol. The highest BCUT2D eigenvalue weighted by Gasteiger charge is 2.43. The van der Waals surface area contributed by atoms with E-state index in [1.54, 1.807) is 30.3 Å². The van der Waals surface area contributed by atoms with Crippen LogP contribution in [0, 0.1) is 11.7 Å². The maximum atomic E-state index is 12.9. The summed E-state index contributed by atoms with van der Waals surface area (Å²) in [5, 5.41) is 11.8. The number of hydrogen-bond acceptors (Lipinski definition) is 2. The summed E-state index contributed by atoms with van der Waals surface area (Å²) in [6.07, 6.45) is 0.757. The van der Waals surface area contributed by atoms with Gasteiger partial charge in [0.25, 0.3) is 0 Å². The first kappa shape index (κ1) is 15.2. The third-order valence-corrected chi connectivity index (χ3v) is 4.07. The van der Waals surface area contributed by atoms with Gasteiger partial charge < -0.3 is 10.4 Å². The Kier molecular flexibility index (Phi) is 4.10. The summed E-state index contributed by atoms with van der Waals surface area (Å²) in [5.74, 6) is -1.28. The molecule has 1 saturated carbocycles. The first-order chi connectivity index (χ1) is 11.0. The molecule has 0 saturated heterocycles. The van der Waals surface area contributed by atoms with Crippen molar-refractivity contribution < 1.29 is 19.1 Å². The lowest BCUT2D eigenvalue weighted by Crippen LogP contribution is -2.25. The number of nitrogens with one attached hydrogen (secondary N) is 1. The molecule has 23 heavy (non-hydrogen) atoms. The molecule has 1 aliphatic rings. The van der Waals surface area contributed by atoms with Crippen LogP contribution in [0.4, 0.5) is 4.39 Å². The SMILES string of the molecule is O=C(O)c1cccc(CNC(=O)[C@H]2C[C@@H]2c2ccc(F)cc2)c1. The second-order valence-electron chi connectivity index (χ2n) is 5.72. The number of amides is 1. The van der Waals surface area contributed by atoms with Crippen LogP contribution in [-0.4, -0.2) is 17.0 Å². The van der Waals surface area contributed by atoms with E-state index in [0.29, 0.717) is 6.54 Å². The topological polar surface area (TPSA) is 66.4 Å². The van der Waals surface area contributed by atoms with Crippen LogP contribution in [0.2, 0.25) is 0 Å². The summed E-state index contributed by atoms with van der Waals surface area (Å²) in [6, 6.07) is 12.7. The van der Waals surface area contributed by atoms with Crippen molar-refractivity contribution in [2.24, 2.45) is 5.92 Å². The van der Waals surface area contributed by atoms with Crippen molar-refractivity contribution in [3.8, 4) is 0 Å². The van der Waals surface area contributed by atoms with Gasteiger partial charge in [-0.25, -0.2) is 9.18 Å². The molecule has 1 aliphatic carbocycles. The molecular formula is C18H16FNO3. The minimum Gasteiger partial charge on any atom is -0.478 e. The lowest BCUT2D eigenvalue weighted by molar-refractivity contribution is -0.122. The zero-order chi connectivity index (χ0) is 16.4. The van der Waals surface area contributed by atoms with Gasteiger partial charge in [-0.2, -0.15) is 0 Å². The minimum atomic E-state index is -0.989. The summed E-state index contributed by atoms with van der Waals surface area (Å²) >= 11 is 0. The fourth-order valence-corrected chi connectivity index (χ4v) is 2.70. The molecule has 0 radical (unpaired) electrons. The number of halogens is 1. The molecule has 0 bridgehead atoms. The third-order valence-electron chi connectivity index (χ3n) is 4.07. The van der Waals surface area contributed by atoms with Crippen LogP contribution in [0.5, 0.6) is 0 Å². The first-order valence-electron chi connectivity index (χ1n) is 7.40. The summed E-state index contributed by atoms with van der Waals surface area (Å²) in [4.78, 5) is 23.1. The Hall–Kier alpha value is -2.69. The zero-order valence-electron chi connectivity index (χ0n) is 12.3. The van der Waals surface area contributed by atoms with Crippen molar-refractivity contribution in [3.05, 3.63) is 71.0 Å². The van der Waals surface area contributed by atoms with Crippen LogP contribution >= 0.6 is 0 Å². The summed E-state index contributed by atoms with van der Waals surface area (Å²) in [6.45, 7) is 0.298. The summed E-state index contributed by atoms with van der Waals surface area (Å²) in [7, 11) is 0. The van der Waals surface area contributed by atoms with Crippen molar-refractivity contribution in [3.63, 3.8) is 0 Å². The van der Waals surface area contributed by atoms with E-state index >= 15 is 0 Å². The van der Waals surface area contributed by atoms with Gasteiger partial charge in [0.05, 0.1) is 5.56 Å². The number of carbonyl (C=O) groups is 2. The average molecular weight is 313 g/mol. The number of carbonyl (C=O) groups excluding carboxylic acids is 1. The second kappa shape index (κ2) is 6.20. The Morgan fingerprint density at radius 3 is 2.61 bits per heavy atom. The Balaban J connectivity index is 1.56. The van der Waals surface area contributed by atoms with Gasteiger partial charge in [0.15, 0.2) is 0 Å². The molecule has 1 amide bonds. The van der Waals surface area contributed by atoms with Crippen LogP contribution in [0.1, 0.15) is 33.8 Å². The number of rotatable bonds is 5. The molecule has 2 aromatic carbocycles. The Morgan fingerprint density at radius 2 is 1.91 bits per heavy atom. The molecule has 2 aromatic rings. The minimum absolute atomic E-state index is 0.0555. The van der Waals surface area contributed by atoms with Crippen molar-refractivity contribution >= 4 is 11.9 Å². The van der Waals surface area contributed by atoms with Crippen LogP contribution in [0.25, 0.3) is 0 Å². The zero-order valence-corrected chi connectivity index (χ0v) is 12.3. The van der Waals surface area contributed by atoms with Crippen molar-refractivity contribution in [2.45, 2.75) is 18.9 Å². The van der Waals surface area contributed by atoms with Crippen molar-refractivity contribution in [1.29, 1.82) is 0 Å². The Morgan fingerprint density at radius 1 is 1.17 bits per heavy atom. The number of hydrogen-bond donors (Lipinski definition) is 2. The lowest BCUT2D eigenvalue weighted by Gasteiger charge is -2.06. The van der Waals surface area contributed by atoms with Crippen LogP contribution in [0.15, 0.2) is 48.5 Å². The largest absolute Gasteiger partial charge is 0.478 e. The predicted octanol–water partition coefficient (Wildman–Crippen LogP) is 2.94. The second-order valence-corrected chi connectivity index (χ2v) is 5.72. The number of carboxylic acids is 1. The lowest BCUT2D eigenvalue weighted by atomic mass is 10.1. The fraction of sp³-hybridized carbons (Fsp3) is 0.222. The molecule has 1 fully saturated rings. The average Bonchev–Trinajstić information content (AvgIpc) is 3.34. The summed E-state index contributed by atoms with van der Waals surface area (Å²) in [5.41, 5.74) is 1.92. The number of benzene rings is 2. The van der Waals surface area contributed by atoms with Crippen LogP contribution < -0.4 is 5.32 Å². The van der Waals surface area contributed by atoms with Gasteiger partial charge in [-0.05, 0) is 47.7 Å². The molecule has 118 valence electrons. The molecule has 0 unspecified atom stereocenters. The maximum Gasteiger partial charge on any atom is 0.335 e. The van der Waals surface area contributed by atoms with Gasteiger partial charge >= 0.3 is 5.97 Å². The highest BCUT2D eigenvalue weighted by Crippen LogP contribution is 2.47. The molecule has 0 aromatic heterocycles. The van der Waals surface area contributed by atoms with E-state index in [0.717, 1.165) is 17.5 Å². The highest BCUT2D eigenvalue weighted by atomic mass is 19.1. The van der Waals surface area contributed by atoms with Crippen LogP contribution in [0.3, 0.4) is 0 Å². The molecule has 5 heteroatoms. The monoisotopic (exact) mass is 313 g/mol. The Bertz CT molecular complexity index is 742. The van der Waals surface area contributed by atoms with Crippen LogP contribution in [-0.2, 0) is 11.3 Å². The van der Waals surface area contributed by atoms with E-state index in [4.69, 9.17) is 5.11 Å². The van der Waals surface area contributed by atoms with Gasteiger partial charge in [-0.15, -0.1) is 0 Å². The molecule has 0 spiro atoms. The van der Waals surface area contributed by atoms with E-state index in [1.165, 1.54) is 18.2 Å².